The molecule has 3 nitrogen and oxygen atoms in total. The smallest absolute Gasteiger partial charge is 0.272 e. The van der Waals surface area contributed by atoms with Crippen molar-refractivity contribution in [3.8, 4) is 0 Å². The molecule has 0 saturated carbocycles. The van der Waals surface area contributed by atoms with Gasteiger partial charge in [0.25, 0.3) is 5.91 Å². The number of hydrazone groups is 1. The first-order valence-electron chi connectivity index (χ1n) is 3.83. The first-order valence-corrected chi connectivity index (χ1v) is 3.83. The van der Waals surface area contributed by atoms with Gasteiger partial charge in [-0.1, -0.05) is 6.08 Å². The van der Waals surface area contributed by atoms with Gasteiger partial charge in [-0.05, 0) is 12.2 Å². The number of halogens is 3. The van der Waals surface area contributed by atoms with E-state index in [2.05, 4.69) is 10.5 Å². The molecule has 1 heterocycles. The molecule has 74 valence electrons. The van der Waals surface area contributed by atoms with Crippen molar-refractivity contribution in [3.63, 3.8) is 0 Å². The van der Waals surface area contributed by atoms with Gasteiger partial charge in [0.15, 0.2) is 0 Å². The van der Waals surface area contributed by atoms with Crippen molar-refractivity contribution in [1.29, 1.82) is 0 Å². The molecule has 0 spiro atoms. The Kier molecular flexibility index (Phi) is 1.73. The third-order valence-corrected chi connectivity index (χ3v) is 2.00. The van der Waals surface area contributed by atoms with E-state index in [1.165, 1.54) is 6.08 Å². The monoisotopic (exact) mass is 202 g/mol. The first kappa shape index (κ1) is 8.98. The van der Waals surface area contributed by atoms with Gasteiger partial charge in [-0.25, -0.2) is 5.43 Å². The number of amides is 1. The highest BCUT2D eigenvalue weighted by Gasteiger charge is 2.37. The Labute approximate surface area is 77.0 Å². The molecule has 0 aromatic carbocycles. The number of alkyl halides is 3. The number of nitrogens with one attached hydrogen (secondary N) is 1. The minimum Gasteiger partial charge on any atom is -0.272 e. The van der Waals surface area contributed by atoms with Crippen LogP contribution >= 0.6 is 0 Å². The summed E-state index contributed by atoms with van der Waals surface area (Å²) in [4.78, 5) is 11.0. The second-order valence-corrected chi connectivity index (χ2v) is 2.94. The summed E-state index contributed by atoms with van der Waals surface area (Å²) in [6.07, 6.45) is -1.42. The molecule has 1 aliphatic heterocycles. The summed E-state index contributed by atoms with van der Waals surface area (Å²) >= 11 is 0. The lowest BCUT2D eigenvalue weighted by atomic mass is 9.94. The minimum absolute atomic E-state index is 0.322. The van der Waals surface area contributed by atoms with Crippen LogP contribution in [0.4, 0.5) is 13.2 Å². The van der Waals surface area contributed by atoms with Crippen molar-refractivity contribution in [2.24, 2.45) is 11.0 Å². The Morgan fingerprint density at radius 3 is 2.71 bits per heavy atom. The molecular weight excluding hydrogens is 197 g/mol. The Morgan fingerprint density at radius 2 is 2.07 bits per heavy atom. The molecule has 0 aromatic rings. The summed E-state index contributed by atoms with van der Waals surface area (Å²) < 4.78 is 36.7. The summed E-state index contributed by atoms with van der Waals surface area (Å²) in [5, 5.41) is 3.57. The van der Waals surface area contributed by atoms with Crippen LogP contribution in [0.25, 0.3) is 0 Å². The van der Waals surface area contributed by atoms with Crippen molar-refractivity contribution in [3.05, 3.63) is 23.8 Å². The third-order valence-electron chi connectivity index (χ3n) is 2.00. The SMILES string of the molecule is O=C1NN=C2C=CC(C(F)(F)F)=CC12. The molecule has 1 aliphatic carbocycles. The maximum Gasteiger partial charge on any atom is 0.416 e. The van der Waals surface area contributed by atoms with Crippen LogP contribution in [-0.4, -0.2) is 17.8 Å². The van der Waals surface area contributed by atoms with Gasteiger partial charge in [0, 0.05) is 0 Å². The van der Waals surface area contributed by atoms with Crippen molar-refractivity contribution < 1.29 is 18.0 Å². The van der Waals surface area contributed by atoms with Gasteiger partial charge < -0.3 is 0 Å². The fourth-order valence-electron chi connectivity index (χ4n) is 1.29. The summed E-state index contributed by atoms with van der Waals surface area (Å²) in [5.74, 6) is -1.41. The second kappa shape index (κ2) is 2.70. The molecule has 1 N–H and O–H groups in total. The highest BCUT2D eigenvalue weighted by Crippen LogP contribution is 2.31. The van der Waals surface area contributed by atoms with Crippen LogP contribution in [0.15, 0.2) is 28.9 Å². The predicted octanol–water partition coefficient (Wildman–Crippen LogP) is 1.15. The maximum absolute atomic E-state index is 12.2. The predicted molar refractivity (Wildman–Crippen MR) is 42.3 cm³/mol. The van der Waals surface area contributed by atoms with Crippen LogP contribution in [0.3, 0.4) is 0 Å². The largest absolute Gasteiger partial charge is 0.416 e. The van der Waals surface area contributed by atoms with Crippen molar-refractivity contribution >= 4 is 11.6 Å². The molecule has 0 saturated heterocycles. The van der Waals surface area contributed by atoms with Crippen molar-refractivity contribution in [2.75, 3.05) is 0 Å². The summed E-state index contributed by atoms with van der Waals surface area (Å²) in [7, 11) is 0. The number of fused-ring (bicyclic) bond motifs is 1. The van der Waals surface area contributed by atoms with E-state index in [9.17, 15) is 18.0 Å². The summed E-state index contributed by atoms with van der Waals surface area (Å²) in [6.45, 7) is 0. The highest BCUT2D eigenvalue weighted by molar-refractivity contribution is 6.15. The number of carbonyl (C=O) groups is 1. The van der Waals surface area contributed by atoms with E-state index in [-0.39, 0.29) is 0 Å². The number of hydrogen-bond donors (Lipinski definition) is 1. The molecular formula is C8H5F3N2O. The van der Waals surface area contributed by atoms with E-state index < -0.39 is 23.6 Å². The molecule has 1 amide bonds. The Morgan fingerprint density at radius 1 is 1.36 bits per heavy atom. The molecule has 6 heteroatoms. The molecule has 2 aliphatic rings. The van der Waals surface area contributed by atoms with E-state index in [0.717, 1.165) is 12.2 Å². The average Bonchev–Trinajstić information content (AvgIpc) is 2.46. The molecule has 0 radical (unpaired) electrons. The van der Waals surface area contributed by atoms with Gasteiger partial charge in [0.2, 0.25) is 0 Å². The molecule has 14 heavy (non-hydrogen) atoms. The van der Waals surface area contributed by atoms with E-state index >= 15 is 0 Å². The van der Waals surface area contributed by atoms with E-state index in [1.807, 2.05) is 0 Å². The van der Waals surface area contributed by atoms with Crippen LogP contribution in [0.1, 0.15) is 0 Å². The van der Waals surface area contributed by atoms with Crippen LogP contribution in [-0.2, 0) is 4.79 Å². The van der Waals surface area contributed by atoms with Crippen molar-refractivity contribution in [2.45, 2.75) is 6.18 Å². The molecule has 1 unspecified atom stereocenters. The van der Waals surface area contributed by atoms with E-state index in [1.54, 1.807) is 0 Å². The van der Waals surface area contributed by atoms with Gasteiger partial charge in [-0.3, -0.25) is 4.79 Å². The first-order chi connectivity index (χ1) is 6.48. The van der Waals surface area contributed by atoms with Crippen molar-refractivity contribution in [1.82, 2.24) is 5.43 Å². The van der Waals surface area contributed by atoms with E-state index in [4.69, 9.17) is 0 Å². The van der Waals surface area contributed by atoms with Gasteiger partial charge in [0.05, 0.1) is 11.3 Å². The number of allylic oxidation sites excluding steroid dienone is 3. The minimum atomic E-state index is -4.41. The molecule has 0 bridgehead atoms. The zero-order chi connectivity index (χ0) is 10.3. The molecule has 0 fully saturated rings. The van der Waals surface area contributed by atoms with Crippen LogP contribution in [0, 0.1) is 5.92 Å². The second-order valence-electron chi connectivity index (χ2n) is 2.94. The van der Waals surface area contributed by atoms with Crippen LogP contribution < -0.4 is 5.43 Å². The average molecular weight is 202 g/mol. The maximum atomic E-state index is 12.2. The van der Waals surface area contributed by atoms with Gasteiger partial charge in [-0.2, -0.15) is 18.3 Å². The van der Waals surface area contributed by atoms with E-state index in [0.29, 0.717) is 5.71 Å². The Bertz CT molecular complexity index is 379. The fraction of sp³-hybridized carbons (Fsp3) is 0.250. The Hall–Kier alpha value is -1.59. The lowest BCUT2D eigenvalue weighted by Gasteiger charge is -2.13. The van der Waals surface area contributed by atoms with Crippen LogP contribution in [0.5, 0.6) is 0 Å². The molecule has 2 rings (SSSR count). The van der Waals surface area contributed by atoms with Crippen LogP contribution in [0.2, 0.25) is 0 Å². The molecule has 1 atom stereocenters. The number of nitrogens with zero attached hydrogens (tertiary/aromatic N) is 1. The zero-order valence-corrected chi connectivity index (χ0v) is 6.80. The van der Waals surface area contributed by atoms with Gasteiger partial charge >= 0.3 is 6.18 Å². The topological polar surface area (TPSA) is 41.5 Å². The highest BCUT2D eigenvalue weighted by atomic mass is 19.4. The van der Waals surface area contributed by atoms with Gasteiger partial charge in [0.1, 0.15) is 5.92 Å². The molecule has 0 aromatic heterocycles. The third kappa shape index (κ3) is 1.32. The zero-order valence-electron chi connectivity index (χ0n) is 6.80. The Balaban J connectivity index is 2.34. The normalized spacial score (nSPS) is 25.4. The standard InChI is InChI=1S/C8H5F3N2O/c9-8(10,11)4-1-2-6-5(3-4)7(14)13-12-6/h1-3,5H,(H,13,14). The number of rotatable bonds is 0. The lowest BCUT2D eigenvalue weighted by molar-refractivity contribution is -0.121. The summed E-state index contributed by atoms with van der Waals surface area (Å²) in [6, 6.07) is 0. The lowest BCUT2D eigenvalue weighted by Crippen LogP contribution is -2.24. The number of carbonyl (C=O) groups excluding carboxylic acids is 1. The fourth-order valence-corrected chi connectivity index (χ4v) is 1.29. The summed E-state index contributed by atoms with van der Waals surface area (Å²) in [5.41, 5.74) is 1.63. The number of hydrogen-bond acceptors (Lipinski definition) is 2. The van der Waals surface area contributed by atoms with Gasteiger partial charge in [-0.15, -0.1) is 0 Å². The quantitative estimate of drug-likeness (QED) is 0.628.